The average Bonchev–Trinajstić information content (AvgIpc) is 3.15. The number of hydrogen-bond acceptors (Lipinski definition) is 6. The van der Waals surface area contributed by atoms with Crippen LogP contribution in [0.25, 0.3) is 0 Å². The fraction of sp³-hybridized carbons (Fsp3) is 0.615. The van der Waals surface area contributed by atoms with E-state index in [-0.39, 0.29) is 11.9 Å². The topological polar surface area (TPSA) is 90.5 Å². The van der Waals surface area contributed by atoms with Gasteiger partial charge in [0, 0.05) is 25.5 Å². The van der Waals surface area contributed by atoms with Crippen LogP contribution in [0.1, 0.15) is 32.1 Å². The van der Waals surface area contributed by atoms with Gasteiger partial charge in [-0.15, -0.1) is 16.9 Å². The molecule has 2 aromatic rings. The molecule has 0 saturated heterocycles. The van der Waals surface area contributed by atoms with Crippen LogP contribution in [0.2, 0.25) is 0 Å². The summed E-state index contributed by atoms with van der Waals surface area (Å²) in [5, 5.41) is 18.6. The smallest absolute Gasteiger partial charge is 0.230 e. The Morgan fingerprint density at radius 2 is 2.32 bits per heavy atom. The minimum atomic E-state index is 0.0361. The zero-order valence-corrected chi connectivity index (χ0v) is 13.7. The van der Waals surface area contributed by atoms with Crippen LogP contribution in [0.3, 0.4) is 0 Å². The predicted molar refractivity (Wildman–Crippen MR) is 84.2 cm³/mol. The molecule has 0 aromatic carbocycles. The predicted octanol–water partition coefficient (Wildman–Crippen LogP) is 0.890. The van der Waals surface area contributed by atoms with Crippen molar-refractivity contribution in [3.05, 3.63) is 24.3 Å². The van der Waals surface area contributed by atoms with Crippen LogP contribution in [0, 0.1) is 0 Å². The first-order valence-corrected chi connectivity index (χ1v) is 8.41. The Morgan fingerprint density at radius 3 is 3.05 bits per heavy atom. The van der Waals surface area contributed by atoms with E-state index in [9.17, 15) is 4.79 Å². The van der Waals surface area contributed by atoms with E-state index in [1.54, 1.807) is 10.9 Å². The van der Waals surface area contributed by atoms with Gasteiger partial charge in [-0.3, -0.25) is 9.48 Å². The van der Waals surface area contributed by atoms with Crippen LogP contribution in [-0.4, -0.2) is 48.2 Å². The second kappa shape index (κ2) is 8.52. The molecule has 0 atom stereocenters. The summed E-state index contributed by atoms with van der Waals surface area (Å²) in [6, 6.07) is 2.11. The molecule has 1 amide bonds. The number of hydrogen-bond donors (Lipinski definition) is 1. The molecule has 2 heterocycles. The molecule has 0 radical (unpaired) electrons. The number of nitrogens with one attached hydrogen (secondary N) is 1. The summed E-state index contributed by atoms with van der Waals surface area (Å²) in [4.78, 5) is 11.7. The third kappa shape index (κ3) is 5.14. The molecule has 120 valence electrons. The van der Waals surface area contributed by atoms with Crippen LogP contribution in [-0.2, 0) is 17.1 Å². The molecule has 0 aliphatic heterocycles. The molecule has 2 rings (SSSR count). The molecule has 2 aromatic heterocycles. The average molecular weight is 323 g/mol. The van der Waals surface area contributed by atoms with Gasteiger partial charge in [0.05, 0.1) is 17.5 Å². The van der Waals surface area contributed by atoms with E-state index in [0.717, 1.165) is 18.8 Å². The molecule has 9 heteroatoms. The lowest BCUT2D eigenvalue weighted by Gasteiger charge is -2.08. The number of tetrazole rings is 1. The zero-order chi connectivity index (χ0) is 15.8. The second-order valence-electron chi connectivity index (χ2n) is 5.10. The van der Waals surface area contributed by atoms with Crippen molar-refractivity contribution in [3.8, 4) is 0 Å². The molecule has 0 saturated carbocycles. The van der Waals surface area contributed by atoms with E-state index < -0.39 is 0 Å². The Hall–Kier alpha value is -1.90. The number of aromatic nitrogens is 6. The third-order valence-electron chi connectivity index (χ3n) is 2.96. The fourth-order valence-corrected chi connectivity index (χ4v) is 2.66. The van der Waals surface area contributed by atoms with Crippen LogP contribution in [0.5, 0.6) is 0 Å². The first kappa shape index (κ1) is 16.5. The molecule has 0 aliphatic carbocycles. The minimum absolute atomic E-state index is 0.0361. The van der Waals surface area contributed by atoms with E-state index >= 15 is 0 Å². The first-order valence-electron chi connectivity index (χ1n) is 7.25. The summed E-state index contributed by atoms with van der Waals surface area (Å²) in [6.45, 7) is 5.51. The number of thioether (sulfide) groups is 1. The highest BCUT2D eigenvalue weighted by atomic mass is 32.2. The van der Waals surface area contributed by atoms with Crippen molar-refractivity contribution >= 4 is 17.7 Å². The minimum Gasteiger partial charge on any atom is -0.355 e. The monoisotopic (exact) mass is 323 g/mol. The summed E-state index contributed by atoms with van der Waals surface area (Å²) in [5.74, 6) is 1.87. The SMILES string of the molecule is CC(C)n1nnnc1CSCC(=O)NCCCn1cccn1. The largest absolute Gasteiger partial charge is 0.355 e. The summed E-state index contributed by atoms with van der Waals surface area (Å²) >= 11 is 1.51. The highest BCUT2D eigenvalue weighted by Gasteiger charge is 2.10. The van der Waals surface area contributed by atoms with Gasteiger partial charge in [0.15, 0.2) is 5.82 Å². The quantitative estimate of drug-likeness (QED) is 0.689. The Bertz CT molecular complexity index is 567. The Labute approximate surface area is 133 Å². The van der Waals surface area contributed by atoms with Gasteiger partial charge in [0.2, 0.25) is 5.91 Å². The van der Waals surface area contributed by atoms with E-state index in [2.05, 4.69) is 25.9 Å². The maximum atomic E-state index is 11.7. The summed E-state index contributed by atoms with van der Waals surface area (Å²) < 4.78 is 3.63. The maximum absolute atomic E-state index is 11.7. The summed E-state index contributed by atoms with van der Waals surface area (Å²) in [6.07, 6.45) is 4.53. The van der Waals surface area contributed by atoms with Crippen LogP contribution < -0.4 is 5.32 Å². The van der Waals surface area contributed by atoms with Gasteiger partial charge >= 0.3 is 0 Å². The third-order valence-corrected chi connectivity index (χ3v) is 3.89. The van der Waals surface area contributed by atoms with Gasteiger partial charge in [-0.25, -0.2) is 4.68 Å². The molecule has 0 fully saturated rings. The molecule has 0 bridgehead atoms. The van der Waals surface area contributed by atoms with E-state index in [1.165, 1.54) is 11.8 Å². The first-order chi connectivity index (χ1) is 10.7. The number of carbonyl (C=O) groups is 1. The van der Waals surface area contributed by atoms with E-state index in [0.29, 0.717) is 18.1 Å². The molecular weight excluding hydrogens is 302 g/mol. The van der Waals surface area contributed by atoms with Crippen molar-refractivity contribution in [1.82, 2.24) is 35.3 Å². The van der Waals surface area contributed by atoms with Crippen molar-refractivity contribution in [2.24, 2.45) is 0 Å². The van der Waals surface area contributed by atoms with Crippen molar-refractivity contribution in [3.63, 3.8) is 0 Å². The van der Waals surface area contributed by atoms with Crippen molar-refractivity contribution < 1.29 is 4.79 Å². The number of rotatable bonds is 9. The van der Waals surface area contributed by atoms with E-state index in [4.69, 9.17) is 0 Å². The maximum Gasteiger partial charge on any atom is 0.230 e. The van der Waals surface area contributed by atoms with Crippen molar-refractivity contribution in [2.75, 3.05) is 12.3 Å². The van der Waals surface area contributed by atoms with Crippen molar-refractivity contribution in [1.29, 1.82) is 0 Å². The van der Waals surface area contributed by atoms with Gasteiger partial charge in [0.1, 0.15) is 0 Å². The highest BCUT2D eigenvalue weighted by Crippen LogP contribution is 2.12. The van der Waals surface area contributed by atoms with Crippen LogP contribution in [0.15, 0.2) is 18.5 Å². The van der Waals surface area contributed by atoms with Crippen molar-refractivity contribution in [2.45, 2.75) is 38.6 Å². The fourth-order valence-electron chi connectivity index (χ4n) is 1.90. The molecule has 8 nitrogen and oxygen atoms in total. The second-order valence-corrected chi connectivity index (χ2v) is 6.08. The summed E-state index contributed by atoms with van der Waals surface area (Å²) in [5.41, 5.74) is 0. The lowest BCUT2D eigenvalue weighted by atomic mass is 10.4. The number of aryl methyl sites for hydroxylation is 1. The van der Waals surface area contributed by atoms with Gasteiger partial charge in [-0.2, -0.15) is 5.10 Å². The Kier molecular flexibility index (Phi) is 6.38. The molecule has 1 N–H and O–H groups in total. The molecular formula is C13H21N7OS. The van der Waals surface area contributed by atoms with Gasteiger partial charge in [-0.05, 0) is 36.8 Å². The molecule has 0 aliphatic rings. The lowest BCUT2D eigenvalue weighted by molar-refractivity contribution is -0.118. The standard InChI is InChI=1S/C13H21N7OS/c1-11(2)20-12(16-17-18-20)9-22-10-13(21)14-5-3-7-19-8-4-6-15-19/h4,6,8,11H,3,5,7,9-10H2,1-2H3,(H,14,21). The number of nitrogens with zero attached hydrogens (tertiary/aromatic N) is 6. The molecule has 0 spiro atoms. The van der Waals surface area contributed by atoms with Crippen LogP contribution in [0.4, 0.5) is 0 Å². The normalized spacial score (nSPS) is 11.0. The lowest BCUT2D eigenvalue weighted by Crippen LogP contribution is -2.27. The molecule has 0 unspecified atom stereocenters. The number of amides is 1. The van der Waals surface area contributed by atoms with Crippen LogP contribution >= 0.6 is 11.8 Å². The van der Waals surface area contributed by atoms with E-state index in [1.807, 2.05) is 30.8 Å². The van der Waals surface area contributed by atoms with Gasteiger partial charge in [-0.1, -0.05) is 0 Å². The molecule has 22 heavy (non-hydrogen) atoms. The summed E-state index contributed by atoms with van der Waals surface area (Å²) in [7, 11) is 0. The number of carbonyl (C=O) groups excluding carboxylic acids is 1. The Balaban J connectivity index is 1.58. The van der Waals surface area contributed by atoms with Gasteiger partial charge < -0.3 is 5.32 Å². The Morgan fingerprint density at radius 1 is 1.45 bits per heavy atom. The zero-order valence-electron chi connectivity index (χ0n) is 12.8. The van der Waals surface area contributed by atoms with Gasteiger partial charge in [0.25, 0.3) is 0 Å². The highest BCUT2D eigenvalue weighted by molar-refractivity contribution is 7.99.